The van der Waals surface area contributed by atoms with Gasteiger partial charge in [-0.05, 0) is 94.0 Å². The van der Waals surface area contributed by atoms with Crippen molar-refractivity contribution in [2.45, 2.75) is 0 Å². The van der Waals surface area contributed by atoms with Crippen LogP contribution < -0.4 is 4.90 Å². The Hall–Kier alpha value is -7.21. The number of hydrogen-bond acceptors (Lipinski definition) is 5. The van der Waals surface area contributed by atoms with E-state index in [1.54, 1.807) is 11.3 Å². The van der Waals surface area contributed by atoms with Gasteiger partial charge in [0.1, 0.15) is 16.7 Å². The Morgan fingerprint density at radius 2 is 1.12 bits per heavy atom. The average molecular weight is 735 g/mol. The summed E-state index contributed by atoms with van der Waals surface area (Å²) in [4.78, 5) is 7.42. The first-order valence-corrected chi connectivity index (χ1v) is 19.6. The maximum absolute atomic E-state index is 6.59. The lowest BCUT2D eigenvalue weighted by Gasteiger charge is -2.26. The molecule has 0 radical (unpaired) electrons. The van der Waals surface area contributed by atoms with Crippen LogP contribution in [0.25, 0.3) is 97.3 Å². The van der Waals surface area contributed by atoms with Crippen LogP contribution in [0.5, 0.6) is 0 Å². The van der Waals surface area contributed by atoms with Crippen LogP contribution in [0.3, 0.4) is 0 Å². The van der Waals surface area contributed by atoms with E-state index in [1.807, 2.05) is 6.07 Å². The molecule has 9 aromatic carbocycles. The second-order valence-corrected chi connectivity index (χ2v) is 15.4. The van der Waals surface area contributed by atoms with Gasteiger partial charge in [-0.15, -0.1) is 11.3 Å². The topological polar surface area (TPSA) is 42.4 Å². The molecule has 5 heteroatoms. The fourth-order valence-electron chi connectivity index (χ4n) is 8.40. The van der Waals surface area contributed by atoms with Crippen molar-refractivity contribution in [2.24, 2.45) is 0 Å². The first-order valence-electron chi connectivity index (χ1n) is 18.8. The van der Waals surface area contributed by atoms with Crippen molar-refractivity contribution in [3.05, 3.63) is 182 Å². The van der Waals surface area contributed by atoms with Crippen LogP contribution in [0.1, 0.15) is 0 Å². The number of fused-ring (bicyclic) bond motifs is 10. The Bertz CT molecular complexity index is 3500. The summed E-state index contributed by atoms with van der Waals surface area (Å²) >= 11 is 1.79. The van der Waals surface area contributed by atoms with E-state index in [0.717, 1.165) is 77.4 Å². The lowest BCUT2D eigenvalue weighted by atomic mass is 10.0. The first kappa shape index (κ1) is 31.2. The van der Waals surface area contributed by atoms with Crippen molar-refractivity contribution in [1.29, 1.82) is 0 Å². The Morgan fingerprint density at radius 1 is 0.411 bits per heavy atom. The van der Waals surface area contributed by atoms with E-state index in [-0.39, 0.29) is 0 Å². The van der Waals surface area contributed by atoms with E-state index < -0.39 is 0 Å². The van der Waals surface area contributed by atoms with E-state index >= 15 is 0 Å². The van der Waals surface area contributed by atoms with Crippen LogP contribution in [0.4, 0.5) is 17.1 Å². The highest BCUT2D eigenvalue weighted by molar-refractivity contribution is 7.26. The molecule has 0 saturated heterocycles. The summed E-state index contributed by atoms with van der Waals surface area (Å²) in [5, 5.41) is 9.18. The molecule has 0 fully saturated rings. The first-order chi connectivity index (χ1) is 27.7. The maximum Gasteiger partial charge on any atom is 0.228 e. The number of thiophene rings is 1. The van der Waals surface area contributed by atoms with Gasteiger partial charge in [0, 0.05) is 65.0 Å². The lowest BCUT2D eigenvalue weighted by molar-refractivity contribution is 0.621. The van der Waals surface area contributed by atoms with Gasteiger partial charge in [-0.3, -0.25) is 0 Å². The maximum atomic E-state index is 6.59. The molecule has 262 valence electrons. The third-order valence-corrected chi connectivity index (χ3v) is 12.2. The van der Waals surface area contributed by atoms with E-state index in [4.69, 9.17) is 13.8 Å². The molecule has 56 heavy (non-hydrogen) atoms. The minimum atomic E-state index is 0.636. The van der Waals surface area contributed by atoms with E-state index in [1.165, 1.54) is 31.1 Å². The van der Waals surface area contributed by atoms with Gasteiger partial charge in [-0.2, -0.15) is 0 Å². The summed E-state index contributed by atoms with van der Waals surface area (Å²) in [5.74, 6) is 0.636. The molecular weight excluding hydrogens is 705 g/mol. The highest BCUT2D eigenvalue weighted by Crippen LogP contribution is 2.45. The van der Waals surface area contributed by atoms with Crippen LogP contribution in [0, 0.1) is 0 Å². The van der Waals surface area contributed by atoms with Gasteiger partial charge in [0.2, 0.25) is 5.89 Å². The van der Waals surface area contributed by atoms with Gasteiger partial charge in [-0.1, -0.05) is 109 Å². The lowest BCUT2D eigenvalue weighted by Crippen LogP contribution is -2.09. The van der Waals surface area contributed by atoms with Crippen LogP contribution in [0.15, 0.2) is 191 Å². The SMILES string of the molecule is c1ccc(-c2cccc(N(c3ccc4c(c3)oc3cc5ccccc5cc34)c3ccc4c(c3)sc3cccc(-c5nc6c(ccc7ccccc76)o5)c34)c2)cc1. The Kier molecular flexibility index (Phi) is 6.76. The summed E-state index contributed by atoms with van der Waals surface area (Å²) in [7, 11) is 0. The standard InChI is InChI=1S/C51H30N2O2S/c1-2-10-31(11-3-1)33-15-8-16-36(26-33)53(37-21-23-40-43-27-34-13-4-5-14-35(34)28-45(43)54-46(40)29-37)38-22-24-41-48(30-38)56-47-19-9-18-42(49(41)47)51-52-50-39-17-7-6-12-32(39)20-25-44(50)55-51/h1-30H. The molecule has 0 amide bonds. The van der Waals surface area contributed by atoms with Crippen molar-refractivity contribution in [2.75, 3.05) is 4.90 Å². The second kappa shape index (κ2) is 12.2. The molecule has 0 bridgehead atoms. The Balaban J connectivity index is 1.03. The van der Waals surface area contributed by atoms with Crippen molar-refractivity contribution in [3.63, 3.8) is 0 Å². The third-order valence-electron chi connectivity index (χ3n) is 11.0. The number of hydrogen-bond donors (Lipinski definition) is 0. The van der Waals surface area contributed by atoms with E-state index in [9.17, 15) is 0 Å². The summed E-state index contributed by atoms with van der Waals surface area (Å²) in [6.07, 6.45) is 0. The van der Waals surface area contributed by atoms with Crippen LogP contribution >= 0.6 is 11.3 Å². The molecule has 12 rings (SSSR count). The highest BCUT2D eigenvalue weighted by Gasteiger charge is 2.20. The van der Waals surface area contributed by atoms with E-state index in [2.05, 4.69) is 181 Å². The molecule has 0 aliphatic rings. The van der Waals surface area contributed by atoms with Gasteiger partial charge in [0.15, 0.2) is 5.58 Å². The molecular formula is C51H30N2O2S. The number of furan rings is 1. The summed E-state index contributed by atoms with van der Waals surface area (Å²) < 4.78 is 15.4. The fraction of sp³-hybridized carbons (Fsp3) is 0. The molecule has 0 N–H and O–H groups in total. The van der Waals surface area contributed by atoms with Crippen molar-refractivity contribution in [3.8, 4) is 22.6 Å². The molecule has 3 heterocycles. The number of anilines is 3. The molecule has 0 saturated carbocycles. The zero-order valence-corrected chi connectivity index (χ0v) is 30.8. The predicted octanol–water partition coefficient (Wildman–Crippen LogP) is 15.2. The Morgan fingerprint density at radius 3 is 2.02 bits per heavy atom. The van der Waals surface area contributed by atoms with Crippen molar-refractivity contribution >= 4 is 103 Å². The van der Waals surface area contributed by atoms with Crippen LogP contribution in [-0.2, 0) is 0 Å². The fourth-order valence-corrected chi connectivity index (χ4v) is 9.57. The number of benzene rings is 9. The average Bonchev–Trinajstić information content (AvgIpc) is 3.96. The van der Waals surface area contributed by atoms with Crippen LogP contribution in [0.2, 0.25) is 0 Å². The molecule has 0 aliphatic carbocycles. The minimum absolute atomic E-state index is 0.636. The summed E-state index contributed by atoms with van der Waals surface area (Å²) in [6.45, 7) is 0. The van der Waals surface area contributed by atoms with Gasteiger partial charge in [0.05, 0.1) is 0 Å². The normalized spacial score (nSPS) is 11.9. The Labute approximate surface area is 325 Å². The molecule has 3 aromatic heterocycles. The largest absolute Gasteiger partial charge is 0.456 e. The zero-order valence-electron chi connectivity index (χ0n) is 29.9. The van der Waals surface area contributed by atoms with Gasteiger partial charge >= 0.3 is 0 Å². The van der Waals surface area contributed by atoms with E-state index in [0.29, 0.717) is 5.89 Å². The van der Waals surface area contributed by atoms with Gasteiger partial charge in [0.25, 0.3) is 0 Å². The minimum Gasteiger partial charge on any atom is -0.456 e. The van der Waals surface area contributed by atoms with Crippen molar-refractivity contribution in [1.82, 2.24) is 4.98 Å². The number of oxazole rings is 1. The molecule has 0 unspecified atom stereocenters. The second-order valence-electron chi connectivity index (χ2n) is 14.3. The highest BCUT2D eigenvalue weighted by atomic mass is 32.1. The molecule has 0 spiro atoms. The summed E-state index contributed by atoms with van der Waals surface area (Å²) in [6, 6.07) is 64.5. The molecule has 0 atom stereocenters. The zero-order chi connectivity index (χ0) is 36.7. The van der Waals surface area contributed by atoms with Gasteiger partial charge in [-0.25, -0.2) is 4.98 Å². The number of rotatable bonds is 5. The molecule has 12 aromatic rings. The quantitative estimate of drug-likeness (QED) is 0.177. The predicted molar refractivity (Wildman–Crippen MR) is 235 cm³/mol. The smallest absolute Gasteiger partial charge is 0.228 e. The number of aromatic nitrogens is 1. The monoisotopic (exact) mass is 734 g/mol. The van der Waals surface area contributed by atoms with Crippen LogP contribution in [-0.4, -0.2) is 4.98 Å². The van der Waals surface area contributed by atoms with Gasteiger partial charge < -0.3 is 13.7 Å². The molecule has 4 nitrogen and oxygen atoms in total. The number of nitrogens with zero attached hydrogens (tertiary/aromatic N) is 2. The summed E-state index contributed by atoms with van der Waals surface area (Å²) in [5.41, 5.74) is 9.90. The third kappa shape index (κ3) is 4.88. The van der Waals surface area contributed by atoms with Crippen molar-refractivity contribution < 1.29 is 8.83 Å². The molecule has 0 aliphatic heterocycles.